The molecule has 3 aromatic rings. The number of aromatic nitrogens is 2. The van der Waals surface area contributed by atoms with E-state index in [0.29, 0.717) is 23.1 Å². The highest BCUT2D eigenvalue weighted by atomic mass is 32.2. The van der Waals surface area contributed by atoms with E-state index >= 15 is 0 Å². The van der Waals surface area contributed by atoms with Crippen molar-refractivity contribution in [3.63, 3.8) is 0 Å². The topological polar surface area (TPSA) is 97.0 Å². The molecule has 1 saturated carbocycles. The van der Waals surface area contributed by atoms with Gasteiger partial charge in [-0.3, -0.25) is 4.98 Å². The molecule has 13 heteroatoms. The molecule has 1 N–H and O–H groups in total. The van der Waals surface area contributed by atoms with E-state index in [1.807, 2.05) is 4.72 Å². The van der Waals surface area contributed by atoms with Crippen LogP contribution in [0.4, 0.5) is 22.0 Å². The molecule has 0 amide bonds. The zero-order valence-electron chi connectivity index (χ0n) is 18.0. The number of hydrogen-bond acceptors (Lipinski definition) is 5. The molecule has 35 heavy (non-hydrogen) atoms. The molecule has 0 radical (unpaired) electrons. The van der Waals surface area contributed by atoms with Crippen LogP contribution in [0.2, 0.25) is 0 Å². The highest BCUT2D eigenvalue weighted by molar-refractivity contribution is 7.89. The van der Waals surface area contributed by atoms with Gasteiger partial charge >= 0.3 is 6.36 Å². The molecular formula is C22H19F5N4O3S. The van der Waals surface area contributed by atoms with Gasteiger partial charge in [-0.05, 0) is 43.0 Å². The Labute approximate surface area is 197 Å². The van der Waals surface area contributed by atoms with E-state index in [0.717, 1.165) is 25.1 Å². The molecule has 0 unspecified atom stereocenters. The molecule has 0 spiro atoms. The van der Waals surface area contributed by atoms with Crippen molar-refractivity contribution in [2.24, 2.45) is 5.92 Å². The maximum absolute atomic E-state index is 12.8. The van der Waals surface area contributed by atoms with E-state index in [2.05, 4.69) is 15.8 Å². The van der Waals surface area contributed by atoms with Crippen LogP contribution in [-0.2, 0) is 16.6 Å². The predicted octanol–water partition coefficient (Wildman–Crippen LogP) is 4.47. The number of fused-ring (bicyclic) bond motifs is 1. The van der Waals surface area contributed by atoms with Crippen molar-refractivity contribution in [3.05, 3.63) is 42.1 Å². The lowest BCUT2D eigenvalue weighted by molar-refractivity contribution is -0.274. The van der Waals surface area contributed by atoms with Gasteiger partial charge in [0, 0.05) is 24.2 Å². The zero-order chi connectivity index (χ0) is 25.4. The number of benzene rings is 1. The Balaban J connectivity index is 1.80. The Morgan fingerprint density at radius 1 is 1.20 bits per heavy atom. The maximum atomic E-state index is 12.8. The van der Waals surface area contributed by atoms with Crippen molar-refractivity contribution in [1.82, 2.24) is 14.3 Å². The molecule has 2 heterocycles. The summed E-state index contributed by atoms with van der Waals surface area (Å²) < 4.78 is 96.2. The number of pyridine rings is 1. The fraction of sp³-hybridized carbons (Fsp3) is 0.364. The molecule has 0 bridgehead atoms. The van der Waals surface area contributed by atoms with Crippen LogP contribution in [0.25, 0.3) is 22.3 Å². The monoisotopic (exact) mass is 514 g/mol. The summed E-state index contributed by atoms with van der Waals surface area (Å²) in [5.41, 5.74) is 1.04. The van der Waals surface area contributed by atoms with Gasteiger partial charge in [-0.25, -0.2) is 21.9 Å². The number of nitrogens with one attached hydrogen (secondary N) is 1. The number of nitrogens with zero attached hydrogens (tertiary/aromatic N) is 3. The first-order chi connectivity index (χ1) is 16.6. The zero-order valence-corrected chi connectivity index (χ0v) is 18.8. The van der Waals surface area contributed by atoms with Crippen molar-refractivity contribution in [1.29, 1.82) is 5.26 Å². The molecule has 0 aliphatic heterocycles. The van der Waals surface area contributed by atoms with Gasteiger partial charge in [0.15, 0.2) is 0 Å². The third-order valence-electron chi connectivity index (χ3n) is 5.50. The highest BCUT2D eigenvalue weighted by Gasteiger charge is 2.32. The molecular weight excluding hydrogens is 495 g/mol. The number of halogens is 5. The molecule has 1 aliphatic carbocycles. The number of ether oxygens (including phenoxy) is 1. The van der Waals surface area contributed by atoms with Crippen LogP contribution in [-0.4, -0.2) is 43.7 Å². The van der Waals surface area contributed by atoms with Crippen LogP contribution in [0.15, 0.2) is 41.4 Å². The molecule has 4 rings (SSSR count). The first kappa shape index (κ1) is 24.9. The van der Waals surface area contributed by atoms with Crippen molar-refractivity contribution >= 4 is 20.9 Å². The average Bonchev–Trinajstić information content (AvgIpc) is 3.58. The van der Waals surface area contributed by atoms with Crippen LogP contribution in [0.5, 0.6) is 5.75 Å². The minimum atomic E-state index is -4.89. The van der Waals surface area contributed by atoms with Gasteiger partial charge < -0.3 is 9.30 Å². The fourth-order valence-corrected chi connectivity index (χ4v) is 4.86. The summed E-state index contributed by atoms with van der Waals surface area (Å²) >= 11 is 0. The molecule has 0 saturated heterocycles. The molecule has 0 atom stereocenters. The molecule has 7 nitrogen and oxygen atoms in total. The van der Waals surface area contributed by atoms with Crippen molar-refractivity contribution < 1.29 is 35.1 Å². The lowest BCUT2D eigenvalue weighted by atomic mass is 10.1. The Morgan fingerprint density at radius 2 is 1.91 bits per heavy atom. The highest BCUT2D eigenvalue weighted by Crippen LogP contribution is 2.39. The molecule has 1 fully saturated rings. The number of nitriles is 1. The summed E-state index contributed by atoms with van der Waals surface area (Å²) in [5.74, 6) is -0.170. The smallest absolute Gasteiger partial charge is 0.406 e. The first-order valence-corrected chi connectivity index (χ1v) is 12.0. The minimum Gasteiger partial charge on any atom is -0.406 e. The fourth-order valence-electron chi connectivity index (χ4n) is 3.73. The van der Waals surface area contributed by atoms with Gasteiger partial charge in [0.2, 0.25) is 10.0 Å². The van der Waals surface area contributed by atoms with E-state index < -0.39 is 41.5 Å². The van der Waals surface area contributed by atoms with E-state index in [1.54, 1.807) is 4.57 Å². The number of rotatable bonds is 9. The number of hydrogen-bond donors (Lipinski definition) is 1. The molecule has 186 valence electrons. The largest absolute Gasteiger partial charge is 0.573 e. The van der Waals surface area contributed by atoms with Crippen molar-refractivity contribution in [3.8, 4) is 23.2 Å². The lowest BCUT2D eigenvalue weighted by Crippen LogP contribution is -2.37. The standard InChI is InChI=1S/C22H19F5N4O3S/c23-8-14(9-24)30-35(32,33)16-4-6-19(29-11-16)21-18(10-28)17-5-3-15(34-22(25,26)27)7-20(17)31(21)12-13-1-2-13/h3-7,11,13-14,30H,1-2,8-9,12H2. The van der Waals surface area contributed by atoms with Crippen LogP contribution < -0.4 is 9.46 Å². The van der Waals surface area contributed by atoms with Gasteiger partial charge in [-0.1, -0.05) is 0 Å². The third-order valence-corrected chi connectivity index (χ3v) is 7.01. The minimum absolute atomic E-state index is 0.162. The number of alkyl halides is 5. The average molecular weight is 514 g/mol. The Hall–Kier alpha value is -3.24. The SMILES string of the molecule is N#Cc1c(-c2ccc(S(=O)(=O)NC(CF)CF)cn2)n(CC2CC2)c2cc(OC(F)(F)F)ccc12. The summed E-state index contributed by atoms with van der Waals surface area (Å²) in [5, 5.41) is 10.2. The van der Waals surface area contributed by atoms with E-state index in [9.17, 15) is 35.6 Å². The first-order valence-electron chi connectivity index (χ1n) is 10.5. The van der Waals surface area contributed by atoms with Crippen LogP contribution >= 0.6 is 0 Å². The van der Waals surface area contributed by atoms with E-state index in [-0.39, 0.29) is 22.1 Å². The van der Waals surface area contributed by atoms with Crippen molar-refractivity contribution in [2.75, 3.05) is 13.3 Å². The number of sulfonamides is 1. The van der Waals surface area contributed by atoms with Gasteiger partial charge in [0.05, 0.1) is 28.5 Å². The predicted molar refractivity (Wildman–Crippen MR) is 115 cm³/mol. The van der Waals surface area contributed by atoms with Crippen LogP contribution in [0, 0.1) is 17.2 Å². The normalized spacial score (nSPS) is 14.4. The Morgan fingerprint density at radius 3 is 2.46 bits per heavy atom. The second kappa shape index (κ2) is 9.43. The maximum Gasteiger partial charge on any atom is 0.573 e. The van der Waals surface area contributed by atoms with E-state index in [1.165, 1.54) is 24.3 Å². The Kier molecular flexibility index (Phi) is 6.70. The van der Waals surface area contributed by atoms with Crippen LogP contribution in [0.3, 0.4) is 0 Å². The quantitative estimate of drug-likeness (QED) is 0.425. The molecule has 1 aromatic carbocycles. The van der Waals surface area contributed by atoms with Gasteiger partial charge in [0.1, 0.15) is 30.1 Å². The molecule has 2 aromatic heterocycles. The third kappa shape index (κ3) is 5.38. The summed E-state index contributed by atoms with van der Waals surface area (Å²) in [6, 6.07) is 6.72. The second-order valence-corrected chi connectivity index (χ2v) is 9.84. The summed E-state index contributed by atoms with van der Waals surface area (Å²) in [6.45, 7) is -2.04. The summed E-state index contributed by atoms with van der Waals surface area (Å²) in [4.78, 5) is 3.82. The summed E-state index contributed by atoms with van der Waals surface area (Å²) in [6.07, 6.45) is -2.06. The van der Waals surface area contributed by atoms with E-state index in [4.69, 9.17) is 0 Å². The second-order valence-electron chi connectivity index (χ2n) is 8.12. The lowest BCUT2D eigenvalue weighted by Gasteiger charge is -2.13. The van der Waals surface area contributed by atoms with Gasteiger partial charge in [-0.15, -0.1) is 13.2 Å². The van der Waals surface area contributed by atoms with Crippen LogP contribution in [0.1, 0.15) is 18.4 Å². The van der Waals surface area contributed by atoms with Gasteiger partial charge in [-0.2, -0.15) is 5.26 Å². The summed E-state index contributed by atoms with van der Waals surface area (Å²) in [7, 11) is -4.25. The Bertz CT molecular complexity index is 1370. The van der Waals surface area contributed by atoms with Crippen molar-refractivity contribution in [2.45, 2.75) is 36.7 Å². The molecule has 1 aliphatic rings. The van der Waals surface area contributed by atoms with Gasteiger partial charge in [0.25, 0.3) is 0 Å².